The zero-order valence-corrected chi connectivity index (χ0v) is 9.65. The lowest BCUT2D eigenvalue weighted by atomic mass is 9.83. The average Bonchev–Trinajstić information content (AvgIpc) is 2.95. The molecule has 0 aromatic carbocycles. The number of epoxide rings is 1. The van der Waals surface area contributed by atoms with Gasteiger partial charge in [-0.2, -0.15) is 0 Å². The van der Waals surface area contributed by atoms with E-state index in [9.17, 15) is 4.79 Å². The smallest absolute Gasteiger partial charge is 0.236 e. The largest absolute Gasteiger partial charge is 0.371 e. The molecule has 0 aromatic rings. The summed E-state index contributed by atoms with van der Waals surface area (Å²) >= 11 is 0. The number of carbonyl (C=O) groups is 1. The van der Waals surface area contributed by atoms with Crippen LogP contribution in [0.1, 0.15) is 32.1 Å². The first-order valence-corrected chi connectivity index (χ1v) is 6.35. The van der Waals surface area contributed by atoms with Crippen LogP contribution in [0.5, 0.6) is 0 Å². The van der Waals surface area contributed by atoms with E-state index in [0.29, 0.717) is 17.6 Å². The maximum atomic E-state index is 11.8. The number of rotatable bonds is 2. The third kappa shape index (κ3) is 1.64. The van der Waals surface area contributed by atoms with Crippen molar-refractivity contribution in [1.82, 2.24) is 4.90 Å². The average molecular weight is 224 g/mol. The molecule has 2 heterocycles. The zero-order valence-electron chi connectivity index (χ0n) is 9.65. The number of ether oxygens (including phenoxy) is 1. The molecule has 1 aliphatic carbocycles. The van der Waals surface area contributed by atoms with Gasteiger partial charge >= 0.3 is 0 Å². The van der Waals surface area contributed by atoms with Crippen LogP contribution in [0.15, 0.2) is 0 Å². The molecule has 90 valence electrons. The van der Waals surface area contributed by atoms with E-state index in [-0.39, 0.29) is 12.5 Å². The van der Waals surface area contributed by atoms with E-state index >= 15 is 0 Å². The fourth-order valence-electron chi connectivity index (χ4n) is 3.58. The van der Waals surface area contributed by atoms with Crippen molar-refractivity contribution in [2.24, 2.45) is 11.1 Å². The van der Waals surface area contributed by atoms with Gasteiger partial charge in [-0.25, -0.2) is 0 Å². The number of likely N-dealkylation sites (tertiary alicyclic amines) is 1. The second kappa shape index (κ2) is 3.70. The Hall–Kier alpha value is -0.610. The summed E-state index contributed by atoms with van der Waals surface area (Å²) in [6.07, 6.45) is 6.65. The van der Waals surface area contributed by atoms with E-state index in [4.69, 9.17) is 10.5 Å². The molecular formula is C12H20N2O2. The van der Waals surface area contributed by atoms with Crippen LogP contribution in [-0.2, 0) is 9.53 Å². The van der Waals surface area contributed by atoms with E-state index in [1.54, 1.807) is 0 Å². The Balaban J connectivity index is 1.77. The van der Waals surface area contributed by atoms with Crippen LogP contribution >= 0.6 is 0 Å². The third-order valence-electron chi connectivity index (χ3n) is 4.50. The number of nitrogens with two attached hydrogens (primary N) is 1. The van der Waals surface area contributed by atoms with Crippen molar-refractivity contribution < 1.29 is 9.53 Å². The fraction of sp³-hybridized carbons (Fsp3) is 0.917. The van der Waals surface area contributed by atoms with Crippen LogP contribution in [0.2, 0.25) is 0 Å². The Morgan fingerprint density at radius 3 is 2.69 bits per heavy atom. The molecular weight excluding hydrogens is 204 g/mol. The lowest BCUT2D eigenvalue weighted by Crippen LogP contribution is -2.42. The van der Waals surface area contributed by atoms with Crippen LogP contribution in [0.25, 0.3) is 0 Å². The lowest BCUT2D eigenvalue weighted by molar-refractivity contribution is -0.131. The van der Waals surface area contributed by atoms with Gasteiger partial charge in [-0.1, -0.05) is 12.8 Å². The standard InChI is InChI=1S/C12H20N2O2/c13-6-11(15)14-8-12(3-1-2-4-12)5-9(14)10-7-16-10/h9-10H,1-8,13H2/t9-,10?/m0/s1. The number of hydrogen-bond donors (Lipinski definition) is 1. The minimum Gasteiger partial charge on any atom is -0.371 e. The van der Waals surface area contributed by atoms with Gasteiger partial charge in [0.2, 0.25) is 5.91 Å². The highest BCUT2D eigenvalue weighted by Gasteiger charge is 2.52. The number of nitrogens with zero attached hydrogens (tertiary/aromatic N) is 1. The van der Waals surface area contributed by atoms with Gasteiger partial charge in [-0.15, -0.1) is 0 Å². The van der Waals surface area contributed by atoms with Crippen molar-refractivity contribution in [2.75, 3.05) is 19.7 Å². The minimum absolute atomic E-state index is 0.101. The van der Waals surface area contributed by atoms with Crippen LogP contribution in [0, 0.1) is 5.41 Å². The summed E-state index contributed by atoms with van der Waals surface area (Å²) in [5, 5.41) is 0. The molecule has 0 bridgehead atoms. The van der Waals surface area contributed by atoms with Crippen LogP contribution < -0.4 is 5.73 Å². The normalized spacial score (nSPS) is 35.9. The first kappa shape index (κ1) is 10.5. The lowest BCUT2D eigenvalue weighted by Gasteiger charge is -2.24. The molecule has 16 heavy (non-hydrogen) atoms. The molecule has 2 atom stereocenters. The molecule has 3 rings (SSSR count). The van der Waals surface area contributed by atoms with Gasteiger partial charge in [0.05, 0.1) is 19.2 Å². The van der Waals surface area contributed by atoms with E-state index in [1.807, 2.05) is 4.90 Å². The molecule has 2 N–H and O–H groups in total. The van der Waals surface area contributed by atoms with Crippen LogP contribution in [0.4, 0.5) is 0 Å². The fourth-order valence-corrected chi connectivity index (χ4v) is 3.58. The van der Waals surface area contributed by atoms with Crippen molar-refractivity contribution in [3.8, 4) is 0 Å². The van der Waals surface area contributed by atoms with Crippen molar-refractivity contribution in [3.63, 3.8) is 0 Å². The van der Waals surface area contributed by atoms with Crippen molar-refractivity contribution >= 4 is 5.91 Å². The predicted molar refractivity (Wildman–Crippen MR) is 59.8 cm³/mol. The molecule has 0 aromatic heterocycles. The highest BCUT2D eigenvalue weighted by Crippen LogP contribution is 2.49. The van der Waals surface area contributed by atoms with Gasteiger partial charge in [-0.05, 0) is 24.7 Å². The first-order valence-electron chi connectivity index (χ1n) is 6.35. The Bertz CT molecular complexity index is 295. The zero-order chi connectivity index (χ0) is 11.2. The van der Waals surface area contributed by atoms with Gasteiger partial charge < -0.3 is 15.4 Å². The Morgan fingerprint density at radius 2 is 2.12 bits per heavy atom. The summed E-state index contributed by atoms with van der Waals surface area (Å²) in [7, 11) is 0. The monoisotopic (exact) mass is 224 g/mol. The van der Waals surface area contributed by atoms with E-state index in [0.717, 1.165) is 19.6 Å². The van der Waals surface area contributed by atoms with Gasteiger partial charge in [0.1, 0.15) is 6.10 Å². The molecule has 0 radical (unpaired) electrons. The minimum atomic E-state index is 0.101. The molecule has 3 fully saturated rings. The molecule has 1 saturated carbocycles. The SMILES string of the molecule is NCC(=O)N1CC2(CCCC2)C[C@H]1C1CO1. The van der Waals surface area contributed by atoms with Gasteiger partial charge in [0.25, 0.3) is 0 Å². The Kier molecular flexibility index (Phi) is 2.44. The van der Waals surface area contributed by atoms with Crippen molar-refractivity contribution in [3.05, 3.63) is 0 Å². The second-order valence-electron chi connectivity index (χ2n) is 5.58. The summed E-state index contributed by atoms with van der Waals surface area (Å²) < 4.78 is 5.39. The van der Waals surface area contributed by atoms with Crippen molar-refractivity contribution in [2.45, 2.75) is 44.2 Å². The Labute approximate surface area is 96.1 Å². The molecule has 1 spiro atoms. The molecule has 3 aliphatic rings. The maximum absolute atomic E-state index is 11.8. The van der Waals surface area contributed by atoms with Gasteiger partial charge in [0, 0.05) is 6.54 Å². The second-order valence-corrected chi connectivity index (χ2v) is 5.58. The molecule has 1 unspecified atom stereocenters. The third-order valence-corrected chi connectivity index (χ3v) is 4.50. The van der Waals surface area contributed by atoms with E-state index < -0.39 is 0 Å². The summed E-state index contributed by atoms with van der Waals surface area (Å²) in [5.41, 5.74) is 5.89. The topological polar surface area (TPSA) is 58.9 Å². The molecule has 4 nitrogen and oxygen atoms in total. The summed E-state index contributed by atoms with van der Waals surface area (Å²) in [6, 6.07) is 0.314. The summed E-state index contributed by atoms with van der Waals surface area (Å²) in [4.78, 5) is 13.8. The van der Waals surface area contributed by atoms with E-state index in [1.165, 1.54) is 25.7 Å². The van der Waals surface area contributed by atoms with Crippen molar-refractivity contribution in [1.29, 1.82) is 0 Å². The molecule has 2 aliphatic heterocycles. The molecule has 2 saturated heterocycles. The quantitative estimate of drug-likeness (QED) is 0.695. The Morgan fingerprint density at radius 1 is 1.44 bits per heavy atom. The molecule has 1 amide bonds. The van der Waals surface area contributed by atoms with Crippen LogP contribution in [0.3, 0.4) is 0 Å². The summed E-state index contributed by atoms with van der Waals surface area (Å²) in [5.74, 6) is 0.101. The number of carbonyl (C=O) groups excluding carboxylic acids is 1. The first-order chi connectivity index (χ1) is 7.74. The number of amides is 1. The van der Waals surface area contributed by atoms with Gasteiger partial charge in [0.15, 0.2) is 0 Å². The highest BCUT2D eigenvalue weighted by atomic mass is 16.6. The van der Waals surface area contributed by atoms with E-state index in [2.05, 4.69) is 0 Å². The maximum Gasteiger partial charge on any atom is 0.236 e. The predicted octanol–water partition coefficient (Wildman–Crippen LogP) is 0.505. The number of hydrogen-bond acceptors (Lipinski definition) is 3. The molecule has 4 heteroatoms. The van der Waals surface area contributed by atoms with Crippen LogP contribution in [-0.4, -0.2) is 42.6 Å². The highest BCUT2D eigenvalue weighted by molar-refractivity contribution is 5.79. The summed E-state index contributed by atoms with van der Waals surface area (Å²) in [6.45, 7) is 1.89. The van der Waals surface area contributed by atoms with Gasteiger partial charge in [-0.3, -0.25) is 4.79 Å².